The van der Waals surface area contributed by atoms with Crippen molar-refractivity contribution in [1.29, 1.82) is 0 Å². The van der Waals surface area contributed by atoms with Crippen molar-refractivity contribution in [1.82, 2.24) is 0 Å². The lowest BCUT2D eigenvalue weighted by atomic mass is 9.73. The van der Waals surface area contributed by atoms with Crippen LogP contribution in [-0.4, -0.2) is 5.78 Å². The Morgan fingerprint density at radius 1 is 1.19 bits per heavy atom. The van der Waals surface area contributed by atoms with Crippen LogP contribution in [-0.2, 0) is 4.79 Å². The van der Waals surface area contributed by atoms with Crippen LogP contribution in [0.4, 0.5) is 0 Å². The van der Waals surface area contributed by atoms with Crippen LogP contribution < -0.4 is 0 Å². The van der Waals surface area contributed by atoms with Crippen molar-refractivity contribution in [3.8, 4) is 0 Å². The zero-order valence-electron chi connectivity index (χ0n) is 10.9. The Morgan fingerprint density at radius 3 is 2.38 bits per heavy atom. The molecule has 2 unspecified atom stereocenters. The maximum Gasteiger partial charge on any atom is 0.137 e. The summed E-state index contributed by atoms with van der Waals surface area (Å²) in [6, 6.07) is 0. The van der Waals surface area contributed by atoms with Crippen LogP contribution in [0.2, 0.25) is 0 Å². The number of Topliss-reactive ketones (excluding diaryl/α,β-unsaturated/α-hetero) is 1. The molecule has 2 bridgehead atoms. The van der Waals surface area contributed by atoms with Gasteiger partial charge >= 0.3 is 0 Å². The lowest BCUT2D eigenvalue weighted by Crippen LogP contribution is -2.31. The van der Waals surface area contributed by atoms with Crippen molar-refractivity contribution in [2.75, 3.05) is 0 Å². The van der Waals surface area contributed by atoms with Gasteiger partial charge in [0.2, 0.25) is 0 Å². The minimum Gasteiger partial charge on any atom is -0.299 e. The third kappa shape index (κ3) is 1.97. The zero-order chi connectivity index (χ0) is 11.9. The highest BCUT2D eigenvalue weighted by Gasteiger charge is 2.48. The molecule has 16 heavy (non-hydrogen) atoms. The predicted octanol–water partition coefficient (Wildman–Crippen LogP) is 3.70. The second-order valence-electron chi connectivity index (χ2n) is 6.36. The lowest BCUT2D eigenvalue weighted by Gasteiger charge is -2.30. The molecule has 2 rings (SSSR count). The van der Waals surface area contributed by atoms with E-state index in [4.69, 9.17) is 0 Å². The van der Waals surface area contributed by atoms with Crippen LogP contribution in [0.1, 0.15) is 40.5 Å². The van der Waals surface area contributed by atoms with Gasteiger partial charge in [-0.25, -0.2) is 0 Å². The molecule has 1 fully saturated rings. The summed E-state index contributed by atoms with van der Waals surface area (Å²) in [5.74, 6) is 3.85. The normalized spacial score (nSPS) is 36.6. The van der Waals surface area contributed by atoms with E-state index in [0.29, 0.717) is 41.3 Å². The molecule has 90 valence electrons. The average molecular weight is 220 g/mol. The molecular weight excluding hydrogens is 196 g/mol. The van der Waals surface area contributed by atoms with E-state index >= 15 is 0 Å². The third-order valence-corrected chi connectivity index (χ3v) is 4.27. The van der Waals surface area contributed by atoms with Gasteiger partial charge in [-0.3, -0.25) is 4.79 Å². The van der Waals surface area contributed by atoms with Crippen molar-refractivity contribution in [3.05, 3.63) is 12.2 Å². The average Bonchev–Trinajstić information content (AvgIpc) is 2.74. The molecule has 0 saturated heterocycles. The summed E-state index contributed by atoms with van der Waals surface area (Å²) >= 11 is 0. The number of rotatable bonds is 4. The number of hydrogen-bond acceptors (Lipinski definition) is 1. The Balaban J connectivity index is 2.13. The van der Waals surface area contributed by atoms with Crippen LogP contribution in [0.5, 0.6) is 0 Å². The zero-order valence-corrected chi connectivity index (χ0v) is 10.9. The quantitative estimate of drug-likeness (QED) is 0.660. The molecule has 0 aromatic rings. The van der Waals surface area contributed by atoms with Crippen LogP contribution in [0.3, 0.4) is 0 Å². The molecule has 0 aromatic carbocycles. The molecule has 0 aromatic heterocycles. The van der Waals surface area contributed by atoms with Gasteiger partial charge in [0.25, 0.3) is 0 Å². The van der Waals surface area contributed by atoms with E-state index in [1.54, 1.807) is 0 Å². The largest absolute Gasteiger partial charge is 0.299 e. The molecule has 1 nitrogen and oxygen atoms in total. The van der Waals surface area contributed by atoms with Gasteiger partial charge in [0, 0.05) is 12.3 Å². The van der Waals surface area contributed by atoms with Gasteiger partial charge in [-0.05, 0) is 36.0 Å². The fraction of sp³-hybridized carbons (Fsp3) is 0.800. The molecular formula is C15H24O. The topological polar surface area (TPSA) is 17.1 Å². The molecule has 1 heteroatoms. The second-order valence-corrected chi connectivity index (χ2v) is 6.36. The Kier molecular flexibility index (Phi) is 3.23. The fourth-order valence-corrected chi connectivity index (χ4v) is 3.76. The van der Waals surface area contributed by atoms with E-state index in [0.717, 1.165) is 6.42 Å². The summed E-state index contributed by atoms with van der Waals surface area (Å²) in [6.07, 6.45) is 6.66. The molecule has 2 aliphatic carbocycles. The standard InChI is InChI=1S/C15H24O/c1-9(2)7-13(16)15-12-6-5-11(8-12)14(15)10(3)4/h5-6,9-12,14-15H,7-8H2,1-4H3/t11?,12?,14-,15+/m1/s1. The summed E-state index contributed by atoms with van der Waals surface area (Å²) < 4.78 is 0. The minimum atomic E-state index is 0.331. The summed E-state index contributed by atoms with van der Waals surface area (Å²) in [5, 5.41) is 0. The molecule has 0 aliphatic heterocycles. The highest BCUT2D eigenvalue weighted by atomic mass is 16.1. The van der Waals surface area contributed by atoms with Crippen LogP contribution in [0.15, 0.2) is 12.2 Å². The van der Waals surface area contributed by atoms with E-state index in [-0.39, 0.29) is 0 Å². The Hall–Kier alpha value is -0.590. The maximum atomic E-state index is 12.3. The molecule has 0 radical (unpaired) electrons. The second kappa shape index (κ2) is 4.35. The monoisotopic (exact) mass is 220 g/mol. The van der Waals surface area contributed by atoms with Crippen LogP contribution >= 0.6 is 0 Å². The number of ketones is 1. The minimum absolute atomic E-state index is 0.331. The van der Waals surface area contributed by atoms with Gasteiger partial charge in [-0.15, -0.1) is 0 Å². The van der Waals surface area contributed by atoms with Crippen molar-refractivity contribution in [3.63, 3.8) is 0 Å². The smallest absolute Gasteiger partial charge is 0.137 e. The van der Waals surface area contributed by atoms with E-state index in [9.17, 15) is 4.79 Å². The van der Waals surface area contributed by atoms with Crippen molar-refractivity contribution in [2.24, 2.45) is 35.5 Å². The van der Waals surface area contributed by atoms with E-state index in [1.807, 2.05) is 0 Å². The predicted molar refractivity (Wildman–Crippen MR) is 67.0 cm³/mol. The van der Waals surface area contributed by atoms with Crippen molar-refractivity contribution >= 4 is 5.78 Å². The number of carbonyl (C=O) groups excluding carboxylic acids is 1. The molecule has 0 amide bonds. The van der Waals surface area contributed by atoms with E-state index in [1.165, 1.54) is 6.42 Å². The Labute approximate surface area is 99.3 Å². The highest BCUT2D eigenvalue weighted by molar-refractivity contribution is 5.82. The number of allylic oxidation sites excluding steroid dienone is 2. The van der Waals surface area contributed by atoms with Gasteiger partial charge < -0.3 is 0 Å². The molecule has 0 N–H and O–H groups in total. The first-order valence-corrected chi connectivity index (χ1v) is 6.71. The van der Waals surface area contributed by atoms with E-state index in [2.05, 4.69) is 39.8 Å². The molecule has 4 atom stereocenters. The summed E-state index contributed by atoms with van der Waals surface area (Å²) in [6.45, 7) is 8.83. The molecule has 0 heterocycles. The van der Waals surface area contributed by atoms with Crippen molar-refractivity contribution in [2.45, 2.75) is 40.5 Å². The summed E-state index contributed by atoms with van der Waals surface area (Å²) in [7, 11) is 0. The van der Waals surface area contributed by atoms with Gasteiger partial charge in [-0.2, -0.15) is 0 Å². The Morgan fingerprint density at radius 2 is 1.81 bits per heavy atom. The maximum absolute atomic E-state index is 12.3. The van der Waals surface area contributed by atoms with Crippen molar-refractivity contribution < 1.29 is 4.79 Å². The lowest BCUT2D eigenvalue weighted by molar-refractivity contribution is -0.126. The van der Waals surface area contributed by atoms with Crippen LogP contribution in [0.25, 0.3) is 0 Å². The molecule has 0 spiro atoms. The van der Waals surface area contributed by atoms with Gasteiger partial charge in [0.15, 0.2) is 0 Å². The molecule has 2 aliphatic rings. The Bertz CT molecular complexity index is 301. The van der Waals surface area contributed by atoms with Gasteiger partial charge in [-0.1, -0.05) is 39.8 Å². The number of carbonyl (C=O) groups is 1. The first-order valence-electron chi connectivity index (χ1n) is 6.71. The number of hydrogen-bond donors (Lipinski definition) is 0. The fourth-order valence-electron chi connectivity index (χ4n) is 3.76. The highest BCUT2D eigenvalue weighted by Crippen LogP contribution is 2.51. The number of fused-ring (bicyclic) bond motifs is 2. The van der Waals surface area contributed by atoms with Gasteiger partial charge in [0.1, 0.15) is 5.78 Å². The SMILES string of the molecule is CC(C)CC(=O)[C@@H]1C2C=CC(C2)[C@H]1C(C)C. The summed E-state index contributed by atoms with van der Waals surface area (Å²) in [4.78, 5) is 12.3. The third-order valence-electron chi connectivity index (χ3n) is 4.27. The van der Waals surface area contributed by atoms with E-state index < -0.39 is 0 Å². The first-order chi connectivity index (χ1) is 7.50. The van der Waals surface area contributed by atoms with Gasteiger partial charge in [0.05, 0.1) is 0 Å². The first kappa shape index (κ1) is 11.9. The molecule has 1 saturated carbocycles. The summed E-state index contributed by atoms with van der Waals surface area (Å²) in [5.41, 5.74) is 0. The van der Waals surface area contributed by atoms with Crippen LogP contribution in [0, 0.1) is 35.5 Å².